The van der Waals surface area contributed by atoms with Crippen molar-refractivity contribution < 1.29 is 28.2 Å². The van der Waals surface area contributed by atoms with E-state index in [1.807, 2.05) is 0 Å². The molecule has 1 aromatic heterocycles. The zero-order valence-corrected chi connectivity index (χ0v) is 14.6. The van der Waals surface area contributed by atoms with E-state index in [1.54, 1.807) is 24.3 Å². The van der Waals surface area contributed by atoms with Crippen molar-refractivity contribution >= 4 is 29.6 Å². The molecule has 1 atom stereocenters. The van der Waals surface area contributed by atoms with Crippen LogP contribution in [0.5, 0.6) is 11.5 Å². The lowest BCUT2D eigenvalue weighted by Gasteiger charge is -2.11. The monoisotopic (exact) mass is 377 g/mol. The van der Waals surface area contributed by atoms with Crippen molar-refractivity contribution in [1.29, 1.82) is 0 Å². The number of carbonyl (C=O) groups excluding carboxylic acids is 2. The van der Waals surface area contributed by atoms with Crippen molar-refractivity contribution in [3.63, 3.8) is 0 Å². The Bertz CT molecular complexity index is 830. The Kier molecular flexibility index (Phi) is 5.48. The van der Waals surface area contributed by atoms with E-state index in [4.69, 9.17) is 30.2 Å². The third kappa shape index (κ3) is 4.37. The molecule has 3 rings (SSSR count). The highest BCUT2D eigenvalue weighted by atomic mass is 35.5. The molecule has 1 aliphatic rings. The maximum absolute atomic E-state index is 11.9. The molecule has 1 amide bonds. The number of fused-ring (bicyclic) bond motifs is 1. The molecule has 1 N–H and O–H groups in total. The van der Waals surface area contributed by atoms with Gasteiger partial charge in [0, 0.05) is 6.08 Å². The number of carbonyl (C=O) groups is 2. The Morgan fingerprint density at radius 3 is 3.00 bits per heavy atom. The second kappa shape index (κ2) is 7.97. The zero-order valence-electron chi connectivity index (χ0n) is 13.9. The van der Waals surface area contributed by atoms with E-state index in [1.165, 1.54) is 25.3 Å². The molecule has 26 heavy (non-hydrogen) atoms. The van der Waals surface area contributed by atoms with Crippen molar-refractivity contribution in [2.24, 2.45) is 0 Å². The summed E-state index contributed by atoms with van der Waals surface area (Å²) in [6, 6.07) is 6.78. The van der Waals surface area contributed by atoms with E-state index >= 15 is 0 Å². The lowest BCUT2D eigenvalue weighted by molar-refractivity contribution is -0.150. The standard InChI is InChI=1S/C18H16ClNO6/c1-11(18(22)20-9-13-3-2-6-23-13)26-16(21)5-4-12-7-14(19)17-15(8-12)24-10-25-17/h2-8,11H,9-10H2,1H3,(H,20,22)/b5-4+/t11-/m1/s1. The molecule has 0 saturated carbocycles. The van der Waals surface area contributed by atoms with Crippen LogP contribution in [0.3, 0.4) is 0 Å². The molecule has 0 aliphatic carbocycles. The van der Waals surface area contributed by atoms with Gasteiger partial charge in [-0.2, -0.15) is 0 Å². The van der Waals surface area contributed by atoms with Gasteiger partial charge in [0.05, 0.1) is 17.8 Å². The number of rotatable bonds is 6. The van der Waals surface area contributed by atoms with Crippen molar-refractivity contribution in [3.05, 3.63) is 53.0 Å². The van der Waals surface area contributed by atoms with E-state index in [2.05, 4.69) is 5.32 Å². The Labute approximate surface area is 154 Å². The van der Waals surface area contributed by atoms with Gasteiger partial charge in [-0.15, -0.1) is 0 Å². The van der Waals surface area contributed by atoms with Gasteiger partial charge >= 0.3 is 5.97 Å². The summed E-state index contributed by atoms with van der Waals surface area (Å²) in [6.45, 7) is 1.81. The lowest BCUT2D eigenvalue weighted by atomic mass is 10.2. The Morgan fingerprint density at radius 2 is 2.23 bits per heavy atom. The average molecular weight is 378 g/mol. The number of halogens is 1. The van der Waals surface area contributed by atoms with Crippen molar-refractivity contribution in [3.8, 4) is 11.5 Å². The van der Waals surface area contributed by atoms with E-state index in [-0.39, 0.29) is 13.3 Å². The topological polar surface area (TPSA) is 87.0 Å². The maximum atomic E-state index is 11.9. The molecule has 1 aliphatic heterocycles. The molecule has 136 valence electrons. The minimum absolute atomic E-state index is 0.106. The molecule has 8 heteroatoms. The van der Waals surface area contributed by atoms with E-state index in [0.29, 0.717) is 27.8 Å². The predicted molar refractivity (Wildman–Crippen MR) is 92.7 cm³/mol. The van der Waals surface area contributed by atoms with E-state index in [9.17, 15) is 9.59 Å². The second-order valence-corrected chi connectivity index (χ2v) is 5.85. The number of ether oxygens (including phenoxy) is 3. The van der Waals surface area contributed by atoms with Crippen LogP contribution in [0, 0.1) is 0 Å². The molecule has 0 spiro atoms. The van der Waals surface area contributed by atoms with Gasteiger partial charge in [0.25, 0.3) is 5.91 Å². The first-order chi connectivity index (χ1) is 12.5. The smallest absolute Gasteiger partial charge is 0.331 e. The van der Waals surface area contributed by atoms with Gasteiger partial charge in [-0.1, -0.05) is 11.6 Å². The fourth-order valence-corrected chi connectivity index (χ4v) is 2.52. The quantitative estimate of drug-likeness (QED) is 0.615. The normalized spacial score (nSPS) is 13.6. The van der Waals surface area contributed by atoms with E-state index < -0.39 is 18.0 Å². The Balaban J connectivity index is 1.52. The lowest BCUT2D eigenvalue weighted by Crippen LogP contribution is -2.35. The number of furan rings is 1. The Hall–Kier alpha value is -2.93. The summed E-state index contributed by atoms with van der Waals surface area (Å²) < 4.78 is 20.7. The number of esters is 1. The largest absolute Gasteiger partial charge is 0.467 e. The van der Waals surface area contributed by atoms with Crippen LogP contribution in [-0.2, 0) is 20.9 Å². The zero-order chi connectivity index (χ0) is 18.5. The number of benzene rings is 1. The first-order valence-corrected chi connectivity index (χ1v) is 8.18. The van der Waals surface area contributed by atoms with Crippen LogP contribution in [0.1, 0.15) is 18.2 Å². The maximum Gasteiger partial charge on any atom is 0.331 e. The van der Waals surface area contributed by atoms with Gasteiger partial charge in [0.15, 0.2) is 17.6 Å². The first kappa shape index (κ1) is 17.9. The highest BCUT2D eigenvalue weighted by molar-refractivity contribution is 6.32. The van der Waals surface area contributed by atoms with Crippen molar-refractivity contribution in [1.82, 2.24) is 5.32 Å². The van der Waals surface area contributed by atoms with Crippen LogP contribution in [0.25, 0.3) is 6.08 Å². The number of hydrogen-bond donors (Lipinski definition) is 1. The summed E-state index contributed by atoms with van der Waals surface area (Å²) in [7, 11) is 0. The van der Waals surface area contributed by atoms with Gasteiger partial charge in [-0.05, 0) is 42.8 Å². The molecule has 0 bridgehead atoms. The third-order valence-corrected chi connectivity index (χ3v) is 3.82. The third-order valence-electron chi connectivity index (χ3n) is 3.54. The SMILES string of the molecule is C[C@@H](OC(=O)/C=C/c1cc(Cl)c2c(c1)OCO2)C(=O)NCc1ccco1. The van der Waals surface area contributed by atoms with E-state index in [0.717, 1.165) is 0 Å². The fraction of sp³-hybridized carbons (Fsp3) is 0.222. The molecule has 2 heterocycles. The average Bonchev–Trinajstić information content (AvgIpc) is 3.29. The highest BCUT2D eigenvalue weighted by Crippen LogP contribution is 2.40. The van der Waals surface area contributed by atoms with Gasteiger partial charge in [-0.3, -0.25) is 4.79 Å². The Morgan fingerprint density at radius 1 is 1.38 bits per heavy atom. The second-order valence-electron chi connectivity index (χ2n) is 5.45. The summed E-state index contributed by atoms with van der Waals surface area (Å²) in [5, 5.41) is 3.01. The molecule has 0 saturated heterocycles. The predicted octanol–water partition coefficient (Wildman–Crippen LogP) is 2.92. The van der Waals surface area contributed by atoms with Crippen molar-refractivity contribution in [2.75, 3.05) is 6.79 Å². The summed E-state index contributed by atoms with van der Waals surface area (Å²) in [5.41, 5.74) is 0.645. The summed E-state index contributed by atoms with van der Waals surface area (Å²) in [6.07, 6.45) is 3.30. The molecular formula is C18H16ClNO6. The number of hydrogen-bond acceptors (Lipinski definition) is 6. The van der Waals surface area contributed by atoms with Gasteiger partial charge in [0.1, 0.15) is 5.76 Å². The number of amides is 1. The number of nitrogens with one attached hydrogen (secondary N) is 1. The summed E-state index contributed by atoms with van der Waals surface area (Å²) >= 11 is 6.08. The van der Waals surface area contributed by atoms with Crippen LogP contribution in [0.4, 0.5) is 0 Å². The summed E-state index contributed by atoms with van der Waals surface area (Å²) in [5.74, 6) is 0.523. The van der Waals surface area contributed by atoms with Crippen LogP contribution in [0.15, 0.2) is 41.0 Å². The van der Waals surface area contributed by atoms with Gasteiger partial charge in [0.2, 0.25) is 6.79 Å². The minimum Gasteiger partial charge on any atom is -0.467 e. The van der Waals surface area contributed by atoms with Crippen LogP contribution >= 0.6 is 11.6 Å². The van der Waals surface area contributed by atoms with Crippen LogP contribution < -0.4 is 14.8 Å². The minimum atomic E-state index is -0.942. The molecular weight excluding hydrogens is 362 g/mol. The highest BCUT2D eigenvalue weighted by Gasteiger charge is 2.18. The van der Waals surface area contributed by atoms with Gasteiger partial charge in [-0.25, -0.2) is 4.79 Å². The van der Waals surface area contributed by atoms with Crippen LogP contribution in [-0.4, -0.2) is 24.8 Å². The summed E-state index contributed by atoms with van der Waals surface area (Å²) in [4.78, 5) is 23.8. The molecule has 0 fully saturated rings. The van der Waals surface area contributed by atoms with Gasteiger partial charge < -0.3 is 23.9 Å². The van der Waals surface area contributed by atoms with Crippen molar-refractivity contribution in [2.45, 2.75) is 19.6 Å². The molecule has 0 radical (unpaired) electrons. The first-order valence-electron chi connectivity index (χ1n) is 7.81. The molecule has 7 nitrogen and oxygen atoms in total. The van der Waals surface area contributed by atoms with Crippen LogP contribution in [0.2, 0.25) is 5.02 Å². The molecule has 1 aromatic carbocycles. The molecule has 0 unspecified atom stereocenters. The molecule has 2 aromatic rings. The fourth-order valence-electron chi connectivity index (χ4n) is 2.25.